The van der Waals surface area contributed by atoms with Crippen LogP contribution in [0.25, 0.3) is 0 Å². The minimum Gasteiger partial charge on any atom is -0.497 e. The Morgan fingerprint density at radius 1 is 0.700 bits per heavy atom. The molecule has 0 radical (unpaired) electrons. The van der Waals surface area contributed by atoms with Crippen LogP contribution in [0.1, 0.15) is 36.6 Å². The molecular weight excluding hydrogens is 382 g/mol. The number of hydrogen-bond acceptors (Lipinski definition) is 4. The topological polar surface area (TPSA) is 96.5 Å². The third-order valence-electron chi connectivity index (χ3n) is 4.33. The molecule has 0 aliphatic rings. The van der Waals surface area contributed by atoms with E-state index in [2.05, 4.69) is 16.2 Å². The maximum atomic E-state index is 12.3. The lowest BCUT2D eigenvalue weighted by Gasteiger charge is -2.09. The molecule has 0 aromatic heterocycles. The molecule has 0 fully saturated rings. The summed E-state index contributed by atoms with van der Waals surface area (Å²) >= 11 is 0. The first-order valence-corrected chi connectivity index (χ1v) is 9.19. The first-order valence-electron chi connectivity index (χ1n) is 9.19. The van der Waals surface area contributed by atoms with Gasteiger partial charge in [0, 0.05) is 22.4 Å². The Balaban J connectivity index is 1.55. The smallest absolute Gasteiger partial charge is 0.269 e. The molecule has 7 heteroatoms. The fraction of sp³-hybridized carbons (Fsp3) is 0.0870. The van der Waals surface area contributed by atoms with E-state index in [1.807, 2.05) is 19.1 Å². The zero-order chi connectivity index (χ0) is 21.5. The second-order valence-electron chi connectivity index (χ2n) is 6.54. The van der Waals surface area contributed by atoms with Crippen LogP contribution in [0, 0.1) is 6.92 Å². The summed E-state index contributed by atoms with van der Waals surface area (Å²) < 4.78 is 5.04. The third kappa shape index (κ3) is 5.23. The van der Waals surface area contributed by atoms with Crippen molar-refractivity contribution in [3.8, 4) is 5.75 Å². The van der Waals surface area contributed by atoms with Crippen LogP contribution in [-0.2, 0) is 0 Å². The van der Waals surface area contributed by atoms with E-state index in [1.54, 1.807) is 60.7 Å². The van der Waals surface area contributed by atoms with E-state index in [0.29, 0.717) is 28.1 Å². The van der Waals surface area contributed by atoms with Crippen LogP contribution in [0.3, 0.4) is 0 Å². The number of rotatable bonds is 5. The number of benzene rings is 3. The Hall–Kier alpha value is -4.13. The lowest BCUT2D eigenvalue weighted by atomic mass is 10.1. The van der Waals surface area contributed by atoms with Gasteiger partial charge in [0.15, 0.2) is 0 Å². The van der Waals surface area contributed by atoms with Crippen molar-refractivity contribution in [2.24, 2.45) is 0 Å². The molecule has 0 aliphatic heterocycles. The molecule has 3 aromatic carbocycles. The number of anilines is 1. The predicted octanol–water partition coefficient (Wildman–Crippen LogP) is 3.33. The van der Waals surface area contributed by atoms with E-state index in [1.165, 1.54) is 7.11 Å². The minimum atomic E-state index is -0.478. The minimum absolute atomic E-state index is 0.234. The van der Waals surface area contributed by atoms with Gasteiger partial charge in [-0.15, -0.1) is 0 Å². The summed E-state index contributed by atoms with van der Waals surface area (Å²) in [5.41, 5.74) is 7.53. The van der Waals surface area contributed by atoms with Crippen LogP contribution in [0.4, 0.5) is 5.69 Å². The molecule has 0 atom stereocenters. The first-order chi connectivity index (χ1) is 14.5. The number of hydrogen-bond donors (Lipinski definition) is 3. The summed E-state index contributed by atoms with van der Waals surface area (Å²) in [5, 5.41) is 2.78. The van der Waals surface area contributed by atoms with Gasteiger partial charge in [0.2, 0.25) is 0 Å². The van der Waals surface area contributed by atoms with Gasteiger partial charge in [0.1, 0.15) is 5.75 Å². The summed E-state index contributed by atoms with van der Waals surface area (Å²) in [6.45, 7) is 1.91. The monoisotopic (exact) mass is 403 g/mol. The number of methoxy groups -OCH3 is 1. The lowest BCUT2D eigenvalue weighted by Crippen LogP contribution is -2.41. The van der Waals surface area contributed by atoms with Gasteiger partial charge in [-0.1, -0.05) is 17.7 Å². The van der Waals surface area contributed by atoms with Gasteiger partial charge in [-0.2, -0.15) is 0 Å². The SMILES string of the molecule is COc1ccc(C(=O)NNC(=O)c2ccc(NC(=O)c3cccc(C)c3)cc2)cc1. The Morgan fingerprint density at radius 3 is 1.80 bits per heavy atom. The molecule has 0 bridgehead atoms. The second-order valence-corrected chi connectivity index (χ2v) is 6.54. The fourth-order valence-corrected chi connectivity index (χ4v) is 2.69. The zero-order valence-corrected chi connectivity index (χ0v) is 16.6. The summed E-state index contributed by atoms with van der Waals surface area (Å²) in [4.78, 5) is 36.6. The van der Waals surface area contributed by atoms with Crippen LogP contribution in [0.2, 0.25) is 0 Å². The van der Waals surface area contributed by atoms with Crippen LogP contribution < -0.4 is 20.9 Å². The predicted molar refractivity (Wildman–Crippen MR) is 114 cm³/mol. The summed E-state index contributed by atoms with van der Waals surface area (Å²) in [7, 11) is 1.54. The van der Waals surface area contributed by atoms with E-state index in [0.717, 1.165) is 5.56 Å². The van der Waals surface area contributed by atoms with Gasteiger partial charge < -0.3 is 10.1 Å². The molecule has 3 N–H and O–H groups in total. The second kappa shape index (κ2) is 9.38. The molecule has 30 heavy (non-hydrogen) atoms. The normalized spacial score (nSPS) is 10.1. The van der Waals surface area contributed by atoms with Crippen molar-refractivity contribution >= 4 is 23.4 Å². The molecule has 0 unspecified atom stereocenters. The standard InChI is InChI=1S/C23H21N3O4/c1-15-4-3-5-18(14-15)21(27)24-19-10-6-16(7-11-19)22(28)25-26-23(29)17-8-12-20(30-2)13-9-17/h3-14H,1-2H3,(H,24,27)(H,25,28)(H,26,29). The van der Waals surface area contributed by atoms with Crippen LogP contribution >= 0.6 is 0 Å². The highest BCUT2D eigenvalue weighted by molar-refractivity contribution is 6.05. The molecule has 0 heterocycles. The zero-order valence-electron chi connectivity index (χ0n) is 16.6. The summed E-state index contributed by atoms with van der Waals surface area (Å²) in [6.07, 6.45) is 0. The first kappa shape index (κ1) is 20.6. The van der Waals surface area contributed by atoms with Crippen molar-refractivity contribution < 1.29 is 19.1 Å². The molecule has 3 rings (SSSR count). The quantitative estimate of drug-likeness (QED) is 0.570. The molecule has 0 spiro atoms. The van der Waals surface area contributed by atoms with Crippen LogP contribution in [0.15, 0.2) is 72.8 Å². The highest BCUT2D eigenvalue weighted by Gasteiger charge is 2.10. The molecule has 0 saturated carbocycles. The average molecular weight is 403 g/mol. The van der Waals surface area contributed by atoms with E-state index in [-0.39, 0.29) is 5.91 Å². The van der Waals surface area contributed by atoms with Crippen molar-refractivity contribution in [3.05, 3.63) is 95.1 Å². The number of carbonyl (C=O) groups is 3. The molecule has 152 valence electrons. The van der Waals surface area contributed by atoms with Gasteiger partial charge in [-0.25, -0.2) is 0 Å². The Morgan fingerprint density at radius 2 is 1.27 bits per heavy atom. The van der Waals surface area contributed by atoms with Gasteiger partial charge in [0.25, 0.3) is 17.7 Å². The highest BCUT2D eigenvalue weighted by Crippen LogP contribution is 2.13. The molecular formula is C23H21N3O4. The number of ether oxygens (including phenoxy) is 1. The van der Waals surface area contributed by atoms with Gasteiger partial charge in [-0.3, -0.25) is 25.2 Å². The molecule has 7 nitrogen and oxygen atoms in total. The summed E-state index contributed by atoms with van der Waals surface area (Å²) in [6, 6.07) is 20.1. The molecule has 3 aromatic rings. The molecule has 0 saturated heterocycles. The van der Waals surface area contributed by atoms with Crippen molar-refractivity contribution in [2.75, 3.05) is 12.4 Å². The van der Waals surface area contributed by atoms with Crippen molar-refractivity contribution in [1.29, 1.82) is 0 Å². The van der Waals surface area contributed by atoms with E-state index >= 15 is 0 Å². The largest absolute Gasteiger partial charge is 0.497 e. The third-order valence-corrected chi connectivity index (χ3v) is 4.33. The van der Waals surface area contributed by atoms with Crippen molar-refractivity contribution in [3.63, 3.8) is 0 Å². The number of nitrogens with one attached hydrogen (secondary N) is 3. The van der Waals surface area contributed by atoms with Gasteiger partial charge in [-0.05, 0) is 67.6 Å². The number of carbonyl (C=O) groups excluding carboxylic acids is 3. The average Bonchev–Trinajstić information content (AvgIpc) is 2.77. The Labute approximate surface area is 174 Å². The van der Waals surface area contributed by atoms with Crippen LogP contribution in [-0.4, -0.2) is 24.8 Å². The Kier molecular flexibility index (Phi) is 6.44. The number of hydrazine groups is 1. The Bertz CT molecular complexity index is 1060. The van der Waals surface area contributed by atoms with Crippen molar-refractivity contribution in [1.82, 2.24) is 10.9 Å². The molecule has 0 aliphatic carbocycles. The summed E-state index contributed by atoms with van der Waals surface area (Å²) in [5.74, 6) is -0.533. The highest BCUT2D eigenvalue weighted by atomic mass is 16.5. The van der Waals surface area contributed by atoms with Gasteiger partial charge in [0.05, 0.1) is 7.11 Å². The van der Waals surface area contributed by atoms with E-state index < -0.39 is 11.8 Å². The van der Waals surface area contributed by atoms with Crippen molar-refractivity contribution in [2.45, 2.75) is 6.92 Å². The fourth-order valence-electron chi connectivity index (χ4n) is 2.69. The maximum Gasteiger partial charge on any atom is 0.269 e. The van der Waals surface area contributed by atoms with Crippen LogP contribution in [0.5, 0.6) is 5.75 Å². The molecule has 3 amide bonds. The lowest BCUT2D eigenvalue weighted by molar-refractivity contribution is 0.0846. The van der Waals surface area contributed by atoms with E-state index in [4.69, 9.17) is 4.74 Å². The van der Waals surface area contributed by atoms with Gasteiger partial charge >= 0.3 is 0 Å². The number of aryl methyl sites for hydroxylation is 1. The number of amides is 3. The van der Waals surface area contributed by atoms with E-state index in [9.17, 15) is 14.4 Å². The maximum absolute atomic E-state index is 12.3.